The molecule has 4 heteroatoms. The highest BCUT2D eigenvalue weighted by atomic mass is 127. The maximum absolute atomic E-state index is 4.05. The monoisotopic (exact) mass is 241 g/mol. The van der Waals surface area contributed by atoms with Crippen molar-refractivity contribution in [2.24, 2.45) is 4.99 Å². The van der Waals surface area contributed by atoms with Crippen LogP contribution in [0.1, 0.15) is 0 Å². The van der Waals surface area contributed by atoms with E-state index in [1.165, 1.54) is 0 Å². The van der Waals surface area contributed by atoms with Crippen molar-refractivity contribution in [2.45, 2.75) is 0 Å². The highest BCUT2D eigenvalue weighted by molar-refractivity contribution is 14.1. The highest BCUT2D eigenvalue weighted by Gasteiger charge is 2.01. The molecule has 3 nitrogen and oxygen atoms in total. The van der Waals surface area contributed by atoms with Gasteiger partial charge in [0.25, 0.3) is 0 Å². The van der Waals surface area contributed by atoms with E-state index in [9.17, 15) is 0 Å². The normalized spacial score (nSPS) is 11.4. The third kappa shape index (κ3) is 2.88. The van der Waals surface area contributed by atoms with Crippen molar-refractivity contribution in [3.8, 4) is 0 Å². The Morgan fingerprint density at radius 3 is 1.78 bits per heavy atom. The first-order chi connectivity index (χ1) is 4.09. The molecule has 9 heavy (non-hydrogen) atoms. The Hall–Kier alpha value is 0. The first-order valence-corrected chi connectivity index (χ1v) is 3.59. The molecule has 0 bridgehead atoms. The number of hydrogen-bond donors (Lipinski definition) is 0. The van der Waals surface area contributed by atoms with Crippen molar-refractivity contribution in [2.75, 3.05) is 28.2 Å². The van der Waals surface area contributed by atoms with Crippen LogP contribution in [0.2, 0.25) is 0 Å². The van der Waals surface area contributed by atoms with Crippen LogP contribution in [-0.4, -0.2) is 42.2 Å². The number of rotatable bonds is 0. The van der Waals surface area contributed by atoms with Gasteiger partial charge in [0.05, 0.1) is 22.9 Å². The molecule has 0 saturated heterocycles. The lowest BCUT2D eigenvalue weighted by Crippen LogP contribution is -2.31. The SMILES string of the molecule is CN=C(N(C)C)N(C)I. The van der Waals surface area contributed by atoms with Gasteiger partial charge >= 0.3 is 0 Å². The van der Waals surface area contributed by atoms with Crippen LogP contribution < -0.4 is 0 Å². The first kappa shape index (κ1) is 9.00. The summed E-state index contributed by atoms with van der Waals surface area (Å²) in [5.74, 6) is 0.968. The number of halogens is 1. The second-order valence-electron chi connectivity index (χ2n) is 1.90. The molecule has 0 aliphatic carbocycles. The van der Waals surface area contributed by atoms with E-state index in [1.54, 1.807) is 7.05 Å². The number of guanidine groups is 1. The summed E-state index contributed by atoms with van der Waals surface area (Å²) in [6, 6.07) is 0. The van der Waals surface area contributed by atoms with Crippen LogP contribution in [0, 0.1) is 0 Å². The van der Waals surface area contributed by atoms with Gasteiger partial charge in [0.1, 0.15) is 0 Å². The van der Waals surface area contributed by atoms with E-state index in [2.05, 4.69) is 27.9 Å². The van der Waals surface area contributed by atoms with Crippen molar-refractivity contribution in [1.82, 2.24) is 8.01 Å². The summed E-state index contributed by atoms with van der Waals surface area (Å²) >= 11 is 2.18. The van der Waals surface area contributed by atoms with Crippen LogP contribution in [0.15, 0.2) is 4.99 Å². The third-order valence-electron chi connectivity index (χ3n) is 0.876. The molecule has 0 heterocycles. The Bertz CT molecular complexity index is 98.8. The molecule has 0 aromatic rings. The summed E-state index contributed by atoms with van der Waals surface area (Å²) in [7, 11) is 7.68. The predicted molar refractivity (Wildman–Crippen MR) is 48.8 cm³/mol. The van der Waals surface area contributed by atoms with Crippen molar-refractivity contribution in [3.05, 3.63) is 0 Å². The van der Waals surface area contributed by atoms with Crippen LogP contribution in [0.3, 0.4) is 0 Å². The minimum atomic E-state index is 0.968. The smallest absolute Gasteiger partial charge is 0.204 e. The van der Waals surface area contributed by atoms with Gasteiger partial charge in [0, 0.05) is 28.2 Å². The number of hydrogen-bond acceptors (Lipinski definition) is 1. The Kier molecular flexibility index (Phi) is 3.92. The Morgan fingerprint density at radius 1 is 1.33 bits per heavy atom. The fourth-order valence-corrected chi connectivity index (χ4v) is 1.26. The van der Waals surface area contributed by atoms with E-state index in [1.807, 2.05) is 29.2 Å². The summed E-state index contributed by atoms with van der Waals surface area (Å²) in [5.41, 5.74) is 0. The average molecular weight is 241 g/mol. The lowest BCUT2D eigenvalue weighted by atomic mass is 10.8. The van der Waals surface area contributed by atoms with Gasteiger partial charge in [-0.3, -0.25) is 8.11 Å². The molecule has 0 unspecified atom stereocenters. The molecule has 0 atom stereocenters. The molecule has 0 N–H and O–H groups in total. The van der Waals surface area contributed by atoms with Gasteiger partial charge in [-0.1, -0.05) is 0 Å². The molecule has 0 aliphatic rings. The van der Waals surface area contributed by atoms with Crippen molar-refractivity contribution in [1.29, 1.82) is 0 Å². The van der Waals surface area contributed by atoms with Crippen LogP contribution in [0.25, 0.3) is 0 Å². The quantitative estimate of drug-likeness (QED) is 0.270. The molecule has 0 spiro atoms. The minimum absolute atomic E-state index is 0.968. The lowest BCUT2D eigenvalue weighted by molar-refractivity contribution is 0.563. The van der Waals surface area contributed by atoms with E-state index >= 15 is 0 Å². The largest absolute Gasteiger partial charge is 0.348 e. The standard InChI is InChI=1S/C5H12IN3/c1-7-5(8(2)3)9(4)6/h1-4H3. The van der Waals surface area contributed by atoms with Crippen LogP contribution in [0.4, 0.5) is 0 Å². The van der Waals surface area contributed by atoms with E-state index in [-0.39, 0.29) is 0 Å². The zero-order valence-corrected chi connectivity index (χ0v) is 8.38. The van der Waals surface area contributed by atoms with Crippen molar-refractivity contribution >= 4 is 28.8 Å². The molecular formula is C5H12IN3. The number of aliphatic imine (C=N–C) groups is 1. The molecule has 0 aromatic carbocycles. The summed E-state index contributed by atoms with van der Waals surface area (Å²) < 4.78 is 1.94. The topological polar surface area (TPSA) is 18.8 Å². The summed E-state index contributed by atoms with van der Waals surface area (Å²) in [6.45, 7) is 0. The molecule has 54 valence electrons. The highest BCUT2D eigenvalue weighted by Crippen LogP contribution is 1.97. The maximum Gasteiger partial charge on any atom is 0.204 e. The van der Waals surface area contributed by atoms with Gasteiger partial charge in [-0.25, -0.2) is 0 Å². The average Bonchev–Trinajstić information content (AvgIpc) is 1.64. The van der Waals surface area contributed by atoms with E-state index in [4.69, 9.17) is 0 Å². The minimum Gasteiger partial charge on any atom is -0.348 e. The number of nitrogens with zero attached hydrogens (tertiary/aromatic N) is 3. The van der Waals surface area contributed by atoms with E-state index < -0.39 is 0 Å². The fraction of sp³-hybridized carbons (Fsp3) is 0.800. The van der Waals surface area contributed by atoms with Crippen molar-refractivity contribution in [3.63, 3.8) is 0 Å². The fourth-order valence-electron chi connectivity index (χ4n) is 0.613. The van der Waals surface area contributed by atoms with Crippen LogP contribution >= 0.6 is 22.9 Å². The van der Waals surface area contributed by atoms with Crippen molar-refractivity contribution < 1.29 is 0 Å². The van der Waals surface area contributed by atoms with Gasteiger partial charge < -0.3 is 4.90 Å². The van der Waals surface area contributed by atoms with E-state index in [0.717, 1.165) is 5.96 Å². The zero-order chi connectivity index (χ0) is 7.44. The Balaban J connectivity index is 4.01. The molecule has 0 fully saturated rings. The third-order valence-corrected chi connectivity index (χ3v) is 1.31. The van der Waals surface area contributed by atoms with Gasteiger partial charge in [-0.05, 0) is 0 Å². The second-order valence-corrected chi connectivity index (χ2v) is 3.34. The van der Waals surface area contributed by atoms with Gasteiger partial charge in [0.2, 0.25) is 5.96 Å². The van der Waals surface area contributed by atoms with Gasteiger partial charge in [0.15, 0.2) is 0 Å². The van der Waals surface area contributed by atoms with Gasteiger partial charge in [-0.15, -0.1) is 0 Å². The first-order valence-electron chi connectivity index (χ1n) is 2.63. The molecule has 0 amide bonds. The molecule has 0 aliphatic heterocycles. The summed E-state index contributed by atoms with van der Waals surface area (Å²) in [6.07, 6.45) is 0. The maximum atomic E-state index is 4.05. The Labute approximate surface area is 70.2 Å². The molecule has 0 radical (unpaired) electrons. The Morgan fingerprint density at radius 2 is 1.78 bits per heavy atom. The zero-order valence-electron chi connectivity index (χ0n) is 6.22. The summed E-state index contributed by atoms with van der Waals surface area (Å²) in [4.78, 5) is 6.01. The van der Waals surface area contributed by atoms with Crippen LogP contribution in [0.5, 0.6) is 0 Å². The summed E-state index contributed by atoms with van der Waals surface area (Å²) in [5, 5.41) is 0. The lowest BCUT2D eigenvalue weighted by Gasteiger charge is -2.19. The van der Waals surface area contributed by atoms with Crippen LogP contribution in [-0.2, 0) is 0 Å². The second kappa shape index (κ2) is 3.92. The molecule has 0 rings (SSSR count). The van der Waals surface area contributed by atoms with Gasteiger partial charge in [-0.2, -0.15) is 0 Å². The molecule has 0 saturated carbocycles. The molecular weight excluding hydrogens is 229 g/mol. The van der Waals surface area contributed by atoms with E-state index in [0.29, 0.717) is 0 Å². The predicted octanol–water partition coefficient (Wildman–Crippen LogP) is 0.816. The molecule has 0 aromatic heterocycles.